The number of nitrogens with two attached hydrogens (primary N) is 1. The number of nitrogens with zero attached hydrogens (tertiary/aromatic N) is 1. The van der Waals surface area contributed by atoms with Crippen LogP contribution in [0.25, 0.3) is 0 Å². The molecule has 1 fully saturated rings. The Morgan fingerprint density at radius 1 is 1.71 bits per heavy atom. The van der Waals surface area contributed by atoms with Crippen LogP contribution in [-0.2, 0) is 4.79 Å². The Morgan fingerprint density at radius 2 is 2.47 bits per heavy atom. The number of piperidine rings is 1. The highest BCUT2D eigenvalue weighted by atomic mass is 16.2. The Balaban J connectivity index is 2.42. The molecule has 0 radical (unpaired) electrons. The standard InChI is InChI=1S/C13H25N3O/c1-3-8-15-13(17)11(2)16-9-4-5-12(10-16)6-7-14/h3,11-12H,1,4-10,14H2,2H3,(H,15,17). The molecule has 2 unspecified atom stereocenters. The molecule has 17 heavy (non-hydrogen) atoms. The zero-order valence-corrected chi connectivity index (χ0v) is 10.8. The van der Waals surface area contributed by atoms with Gasteiger partial charge in [0.15, 0.2) is 0 Å². The second-order valence-corrected chi connectivity index (χ2v) is 4.79. The van der Waals surface area contributed by atoms with Gasteiger partial charge in [0.2, 0.25) is 5.91 Å². The predicted molar refractivity (Wildman–Crippen MR) is 70.6 cm³/mol. The minimum atomic E-state index is -0.0458. The second kappa shape index (κ2) is 7.45. The van der Waals surface area contributed by atoms with Gasteiger partial charge in [0, 0.05) is 13.1 Å². The molecule has 1 heterocycles. The summed E-state index contributed by atoms with van der Waals surface area (Å²) >= 11 is 0. The lowest BCUT2D eigenvalue weighted by atomic mass is 9.94. The van der Waals surface area contributed by atoms with Crippen LogP contribution in [0.3, 0.4) is 0 Å². The maximum Gasteiger partial charge on any atom is 0.237 e. The van der Waals surface area contributed by atoms with E-state index in [2.05, 4.69) is 16.8 Å². The van der Waals surface area contributed by atoms with Gasteiger partial charge in [0.1, 0.15) is 0 Å². The van der Waals surface area contributed by atoms with E-state index in [4.69, 9.17) is 5.73 Å². The molecule has 0 aliphatic carbocycles. The summed E-state index contributed by atoms with van der Waals surface area (Å²) in [6.45, 7) is 8.88. The number of nitrogens with one attached hydrogen (secondary N) is 1. The molecule has 0 aromatic heterocycles. The molecule has 0 spiro atoms. The van der Waals surface area contributed by atoms with Crippen LogP contribution in [0.4, 0.5) is 0 Å². The number of carbonyl (C=O) groups is 1. The molecule has 0 saturated carbocycles. The third-order valence-corrected chi connectivity index (χ3v) is 3.47. The number of hydrogen-bond acceptors (Lipinski definition) is 3. The Labute approximate surface area is 104 Å². The first-order chi connectivity index (χ1) is 8.19. The van der Waals surface area contributed by atoms with Crippen molar-refractivity contribution in [3.63, 3.8) is 0 Å². The van der Waals surface area contributed by atoms with Crippen LogP contribution in [0.15, 0.2) is 12.7 Å². The average molecular weight is 239 g/mol. The van der Waals surface area contributed by atoms with Crippen LogP contribution in [0.1, 0.15) is 26.2 Å². The third-order valence-electron chi connectivity index (χ3n) is 3.47. The minimum Gasteiger partial charge on any atom is -0.351 e. The monoisotopic (exact) mass is 239 g/mol. The zero-order valence-electron chi connectivity index (χ0n) is 10.8. The predicted octanol–water partition coefficient (Wildman–Crippen LogP) is 0.738. The summed E-state index contributed by atoms with van der Waals surface area (Å²) in [5, 5.41) is 2.85. The quantitative estimate of drug-likeness (QED) is 0.672. The fourth-order valence-corrected chi connectivity index (χ4v) is 2.41. The zero-order chi connectivity index (χ0) is 12.7. The van der Waals surface area contributed by atoms with Gasteiger partial charge in [-0.2, -0.15) is 0 Å². The minimum absolute atomic E-state index is 0.0458. The SMILES string of the molecule is C=CCNC(=O)C(C)N1CCCC(CCN)C1. The largest absolute Gasteiger partial charge is 0.351 e. The average Bonchev–Trinajstić information content (AvgIpc) is 2.35. The maximum atomic E-state index is 11.8. The first-order valence-electron chi connectivity index (χ1n) is 6.51. The molecule has 98 valence electrons. The van der Waals surface area contributed by atoms with E-state index in [1.807, 2.05) is 6.92 Å². The van der Waals surface area contributed by atoms with Crippen molar-refractivity contribution in [2.24, 2.45) is 11.7 Å². The highest BCUT2D eigenvalue weighted by molar-refractivity contribution is 5.81. The maximum absolute atomic E-state index is 11.8. The number of rotatable bonds is 6. The number of carbonyl (C=O) groups excluding carboxylic acids is 1. The van der Waals surface area contributed by atoms with Crippen molar-refractivity contribution in [3.05, 3.63) is 12.7 Å². The summed E-state index contributed by atoms with van der Waals surface area (Å²) in [6.07, 6.45) is 5.19. The van der Waals surface area contributed by atoms with Crippen molar-refractivity contribution in [1.82, 2.24) is 10.2 Å². The Hall–Kier alpha value is -0.870. The number of likely N-dealkylation sites (tertiary alicyclic amines) is 1. The number of hydrogen-bond donors (Lipinski definition) is 2. The normalized spacial score (nSPS) is 23.1. The lowest BCUT2D eigenvalue weighted by molar-refractivity contribution is -0.126. The molecule has 1 rings (SSSR count). The molecule has 4 nitrogen and oxygen atoms in total. The Kier molecular flexibility index (Phi) is 6.22. The molecule has 1 saturated heterocycles. The first-order valence-corrected chi connectivity index (χ1v) is 6.51. The Morgan fingerprint density at radius 3 is 3.12 bits per heavy atom. The van der Waals surface area contributed by atoms with Crippen molar-refractivity contribution >= 4 is 5.91 Å². The fraction of sp³-hybridized carbons (Fsp3) is 0.769. The van der Waals surface area contributed by atoms with E-state index in [0.717, 1.165) is 26.1 Å². The van der Waals surface area contributed by atoms with Crippen LogP contribution in [0.2, 0.25) is 0 Å². The molecule has 3 N–H and O–H groups in total. The molecule has 0 aromatic carbocycles. The van der Waals surface area contributed by atoms with E-state index >= 15 is 0 Å². The van der Waals surface area contributed by atoms with Gasteiger partial charge in [0.05, 0.1) is 6.04 Å². The summed E-state index contributed by atoms with van der Waals surface area (Å²) in [5.41, 5.74) is 5.60. The summed E-state index contributed by atoms with van der Waals surface area (Å²) in [4.78, 5) is 14.1. The van der Waals surface area contributed by atoms with Crippen LogP contribution < -0.4 is 11.1 Å². The second-order valence-electron chi connectivity index (χ2n) is 4.79. The molecule has 0 bridgehead atoms. The van der Waals surface area contributed by atoms with E-state index in [1.165, 1.54) is 12.8 Å². The first kappa shape index (κ1) is 14.2. The molecule has 2 atom stereocenters. The van der Waals surface area contributed by atoms with Gasteiger partial charge < -0.3 is 11.1 Å². The molecule has 0 aromatic rings. The molecule has 4 heteroatoms. The summed E-state index contributed by atoms with van der Waals surface area (Å²) in [7, 11) is 0. The van der Waals surface area contributed by atoms with Crippen LogP contribution >= 0.6 is 0 Å². The van der Waals surface area contributed by atoms with Crippen molar-refractivity contribution in [3.8, 4) is 0 Å². The van der Waals surface area contributed by atoms with Crippen molar-refractivity contribution in [1.29, 1.82) is 0 Å². The Bertz CT molecular complexity index is 253. The third kappa shape index (κ3) is 4.48. The molecule has 1 amide bonds. The van der Waals surface area contributed by atoms with Crippen LogP contribution in [-0.4, -0.2) is 43.0 Å². The van der Waals surface area contributed by atoms with Gasteiger partial charge in [-0.15, -0.1) is 6.58 Å². The lowest BCUT2D eigenvalue weighted by Gasteiger charge is -2.36. The highest BCUT2D eigenvalue weighted by Gasteiger charge is 2.26. The summed E-state index contributed by atoms with van der Waals surface area (Å²) in [5.74, 6) is 0.752. The van der Waals surface area contributed by atoms with Gasteiger partial charge in [-0.25, -0.2) is 0 Å². The van der Waals surface area contributed by atoms with Crippen molar-refractivity contribution < 1.29 is 4.79 Å². The molecule has 1 aliphatic rings. The highest BCUT2D eigenvalue weighted by Crippen LogP contribution is 2.20. The van der Waals surface area contributed by atoms with E-state index in [0.29, 0.717) is 12.5 Å². The van der Waals surface area contributed by atoms with Gasteiger partial charge in [-0.05, 0) is 45.2 Å². The lowest BCUT2D eigenvalue weighted by Crippen LogP contribution is -2.49. The molecular weight excluding hydrogens is 214 g/mol. The van der Waals surface area contributed by atoms with Crippen LogP contribution in [0, 0.1) is 5.92 Å². The van der Waals surface area contributed by atoms with E-state index < -0.39 is 0 Å². The molecule has 1 aliphatic heterocycles. The van der Waals surface area contributed by atoms with Crippen LogP contribution in [0.5, 0.6) is 0 Å². The smallest absolute Gasteiger partial charge is 0.237 e. The summed E-state index contributed by atoms with van der Waals surface area (Å²) < 4.78 is 0. The van der Waals surface area contributed by atoms with Gasteiger partial charge in [-0.3, -0.25) is 9.69 Å². The van der Waals surface area contributed by atoms with E-state index in [9.17, 15) is 4.79 Å². The van der Waals surface area contributed by atoms with Crippen molar-refractivity contribution in [2.75, 3.05) is 26.2 Å². The van der Waals surface area contributed by atoms with Gasteiger partial charge in [-0.1, -0.05) is 6.08 Å². The van der Waals surface area contributed by atoms with E-state index in [1.54, 1.807) is 6.08 Å². The topological polar surface area (TPSA) is 58.4 Å². The van der Waals surface area contributed by atoms with E-state index in [-0.39, 0.29) is 11.9 Å². The summed E-state index contributed by atoms with van der Waals surface area (Å²) in [6, 6.07) is -0.0458. The fourth-order valence-electron chi connectivity index (χ4n) is 2.41. The van der Waals surface area contributed by atoms with Gasteiger partial charge in [0.25, 0.3) is 0 Å². The van der Waals surface area contributed by atoms with Crippen molar-refractivity contribution in [2.45, 2.75) is 32.2 Å². The van der Waals surface area contributed by atoms with Gasteiger partial charge >= 0.3 is 0 Å². The number of amides is 1. The molecular formula is C13H25N3O.